The minimum Gasteiger partial charge on any atom is -0.342 e. The van der Waals surface area contributed by atoms with E-state index in [1.807, 2.05) is 11.8 Å². The first-order chi connectivity index (χ1) is 9.97. The Balaban J connectivity index is 1.89. The number of nitrogens with zero attached hydrogens (tertiary/aromatic N) is 1. The molecule has 21 heavy (non-hydrogen) atoms. The van der Waals surface area contributed by atoms with Gasteiger partial charge in [0.2, 0.25) is 5.91 Å². The van der Waals surface area contributed by atoms with Crippen LogP contribution in [-0.2, 0) is 11.2 Å². The fraction of sp³-hybridized carbons (Fsp3) is 0.611. The molecule has 1 fully saturated rings. The summed E-state index contributed by atoms with van der Waals surface area (Å²) in [5, 5.41) is 0. The fourth-order valence-corrected chi connectivity index (χ4v) is 3.19. The number of carbonyl (C=O) groups is 1. The van der Waals surface area contributed by atoms with Gasteiger partial charge in [-0.3, -0.25) is 4.79 Å². The van der Waals surface area contributed by atoms with Crippen LogP contribution in [0.4, 0.5) is 0 Å². The summed E-state index contributed by atoms with van der Waals surface area (Å²) in [6.45, 7) is 8.01. The van der Waals surface area contributed by atoms with Gasteiger partial charge in [-0.25, -0.2) is 0 Å². The highest BCUT2D eigenvalue weighted by Crippen LogP contribution is 2.20. The molecule has 0 unspecified atom stereocenters. The summed E-state index contributed by atoms with van der Waals surface area (Å²) in [5.41, 5.74) is 9.84. The van der Waals surface area contributed by atoms with E-state index >= 15 is 0 Å². The lowest BCUT2D eigenvalue weighted by Gasteiger charge is -2.34. The molecule has 2 N–H and O–H groups in total. The van der Waals surface area contributed by atoms with E-state index in [0.29, 0.717) is 12.3 Å². The number of amides is 1. The molecule has 2 rings (SSSR count). The summed E-state index contributed by atoms with van der Waals surface area (Å²) >= 11 is 0. The smallest absolute Gasteiger partial charge is 0.222 e. The minimum absolute atomic E-state index is 0.181. The number of piperidine rings is 1. The summed E-state index contributed by atoms with van der Waals surface area (Å²) in [5.74, 6) is 0.740. The van der Waals surface area contributed by atoms with E-state index in [1.165, 1.54) is 16.7 Å². The Morgan fingerprint density at radius 1 is 1.43 bits per heavy atom. The van der Waals surface area contributed by atoms with Crippen LogP contribution in [0.25, 0.3) is 0 Å². The van der Waals surface area contributed by atoms with Crippen LogP contribution in [-0.4, -0.2) is 29.9 Å². The van der Waals surface area contributed by atoms with Crippen molar-refractivity contribution >= 4 is 5.91 Å². The Morgan fingerprint density at radius 2 is 2.19 bits per heavy atom. The number of hydrogen-bond acceptors (Lipinski definition) is 2. The first kappa shape index (κ1) is 16.0. The molecule has 1 saturated heterocycles. The number of aryl methyl sites for hydroxylation is 3. The maximum atomic E-state index is 12.4. The molecule has 0 aromatic heterocycles. The zero-order chi connectivity index (χ0) is 15.4. The second kappa shape index (κ2) is 7.08. The third-order valence-electron chi connectivity index (χ3n) is 4.66. The summed E-state index contributed by atoms with van der Waals surface area (Å²) in [4.78, 5) is 14.4. The minimum atomic E-state index is 0.181. The first-order valence-corrected chi connectivity index (χ1v) is 8.07. The van der Waals surface area contributed by atoms with Crippen LogP contribution in [0.5, 0.6) is 0 Å². The predicted molar refractivity (Wildman–Crippen MR) is 87.2 cm³/mol. The lowest BCUT2D eigenvalue weighted by Crippen LogP contribution is -2.45. The summed E-state index contributed by atoms with van der Waals surface area (Å²) in [7, 11) is 0. The number of rotatable bonds is 4. The van der Waals surface area contributed by atoms with Crippen molar-refractivity contribution in [2.24, 2.45) is 11.7 Å². The molecule has 2 atom stereocenters. The van der Waals surface area contributed by atoms with E-state index in [4.69, 9.17) is 5.73 Å². The van der Waals surface area contributed by atoms with E-state index in [0.717, 1.165) is 32.4 Å². The van der Waals surface area contributed by atoms with Gasteiger partial charge in [-0.2, -0.15) is 0 Å². The SMILES string of the molecule is Cc1ccc(CCC(=O)N2CCC[C@H]([C@@H](C)N)C2)c(C)c1. The Kier molecular flexibility index (Phi) is 5.40. The maximum Gasteiger partial charge on any atom is 0.222 e. The van der Waals surface area contributed by atoms with E-state index in [9.17, 15) is 4.79 Å². The Hall–Kier alpha value is -1.35. The fourth-order valence-electron chi connectivity index (χ4n) is 3.19. The van der Waals surface area contributed by atoms with Crippen LogP contribution in [0.2, 0.25) is 0 Å². The Labute approximate surface area is 128 Å². The van der Waals surface area contributed by atoms with E-state index < -0.39 is 0 Å². The Morgan fingerprint density at radius 3 is 2.86 bits per heavy atom. The molecule has 1 aromatic carbocycles. The standard InChI is InChI=1S/C18H28N2O/c1-13-6-7-16(14(2)11-13)8-9-18(21)20-10-4-5-17(12-20)15(3)19/h6-7,11,15,17H,4-5,8-10,12,19H2,1-3H3/t15-,17+/m1/s1. The average Bonchev–Trinajstić information content (AvgIpc) is 2.46. The largest absolute Gasteiger partial charge is 0.342 e. The van der Waals surface area contributed by atoms with Crippen LogP contribution >= 0.6 is 0 Å². The molecule has 0 bridgehead atoms. The second-order valence-corrected chi connectivity index (χ2v) is 6.53. The van der Waals surface area contributed by atoms with Crippen molar-refractivity contribution in [2.45, 2.75) is 52.5 Å². The molecule has 0 spiro atoms. The lowest BCUT2D eigenvalue weighted by molar-refractivity contribution is -0.133. The number of likely N-dealkylation sites (tertiary alicyclic amines) is 1. The van der Waals surface area contributed by atoms with Crippen molar-refractivity contribution in [2.75, 3.05) is 13.1 Å². The summed E-state index contributed by atoms with van der Waals surface area (Å²) in [6, 6.07) is 6.64. The summed E-state index contributed by atoms with van der Waals surface area (Å²) in [6.07, 6.45) is 3.68. The highest BCUT2D eigenvalue weighted by molar-refractivity contribution is 5.76. The molecule has 3 heteroatoms. The highest BCUT2D eigenvalue weighted by Gasteiger charge is 2.25. The quantitative estimate of drug-likeness (QED) is 0.926. The van der Waals surface area contributed by atoms with Crippen molar-refractivity contribution < 1.29 is 4.79 Å². The van der Waals surface area contributed by atoms with E-state index in [-0.39, 0.29) is 11.9 Å². The van der Waals surface area contributed by atoms with Crippen LogP contribution in [0.15, 0.2) is 18.2 Å². The van der Waals surface area contributed by atoms with Gasteiger partial charge in [-0.1, -0.05) is 23.8 Å². The lowest BCUT2D eigenvalue weighted by atomic mass is 9.92. The van der Waals surface area contributed by atoms with Crippen LogP contribution in [0, 0.1) is 19.8 Å². The van der Waals surface area contributed by atoms with Gasteiger partial charge in [-0.05, 0) is 57.1 Å². The molecule has 1 amide bonds. The van der Waals surface area contributed by atoms with E-state index in [2.05, 4.69) is 32.0 Å². The van der Waals surface area contributed by atoms with Gasteiger partial charge in [0, 0.05) is 25.6 Å². The number of hydrogen-bond donors (Lipinski definition) is 1. The van der Waals surface area contributed by atoms with Crippen LogP contribution in [0.3, 0.4) is 0 Å². The van der Waals surface area contributed by atoms with Gasteiger partial charge in [0.25, 0.3) is 0 Å². The average molecular weight is 288 g/mol. The molecule has 1 aliphatic heterocycles. The molecule has 1 aromatic rings. The molecular formula is C18H28N2O. The summed E-state index contributed by atoms with van der Waals surface area (Å²) < 4.78 is 0. The van der Waals surface area contributed by atoms with Crippen LogP contribution < -0.4 is 5.73 Å². The van der Waals surface area contributed by atoms with Crippen LogP contribution in [0.1, 0.15) is 42.9 Å². The van der Waals surface area contributed by atoms with Crippen molar-refractivity contribution in [3.63, 3.8) is 0 Å². The molecule has 0 radical (unpaired) electrons. The number of nitrogens with two attached hydrogens (primary N) is 1. The Bertz CT molecular complexity index is 496. The zero-order valence-electron chi connectivity index (χ0n) is 13.6. The topological polar surface area (TPSA) is 46.3 Å². The van der Waals surface area contributed by atoms with Gasteiger partial charge in [0.05, 0.1) is 0 Å². The highest BCUT2D eigenvalue weighted by atomic mass is 16.2. The molecular weight excluding hydrogens is 260 g/mol. The molecule has 0 aliphatic carbocycles. The van der Waals surface area contributed by atoms with Gasteiger partial charge in [0.15, 0.2) is 0 Å². The first-order valence-electron chi connectivity index (χ1n) is 8.07. The number of benzene rings is 1. The van der Waals surface area contributed by atoms with Crippen molar-refractivity contribution in [3.05, 3.63) is 34.9 Å². The number of carbonyl (C=O) groups excluding carboxylic acids is 1. The van der Waals surface area contributed by atoms with Crippen molar-refractivity contribution in [1.29, 1.82) is 0 Å². The zero-order valence-corrected chi connectivity index (χ0v) is 13.6. The molecule has 0 saturated carbocycles. The molecule has 116 valence electrons. The molecule has 1 heterocycles. The van der Waals surface area contributed by atoms with Gasteiger partial charge in [0.1, 0.15) is 0 Å². The normalized spacial score (nSPS) is 20.4. The van der Waals surface area contributed by atoms with Crippen molar-refractivity contribution in [3.8, 4) is 0 Å². The second-order valence-electron chi connectivity index (χ2n) is 6.53. The van der Waals surface area contributed by atoms with Gasteiger partial charge in [-0.15, -0.1) is 0 Å². The third-order valence-corrected chi connectivity index (χ3v) is 4.66. The monoisotopic (exact) mass is 288 g/mol. The van der Waals surface area contributed by atoms with Gasteiger partial charge >= 0.3 is 0 Å². The van der Waals surface area contributed by atoms with Gasteiger partial charge < -0.3 is 10.6 Å². The van der Waals surface area contributed by atoms with E-state index in [1.54, 1.807) is 0 Å². The van der Waals surface area contributed by atoms with Crippen molar-refractivity contribution in [1.82, 2.24) is 4.90 Å². The maximum absolute atomic E-state index is 12.4. The third kappa shape index (κ3) is 4.31. The predicted octanol–water partition coefficient (Wildman–Crippen LogP) is 2.82. The molecule has 3 nitrogen and oxygen atoms in total. The molecule has 1 aliphatic rings.